The fraction of sp³-hybridized carbons (Fsp3) is 0.188. The molecule has 0 radical (unpaired) electrons. The van der Waals surface area contributed by atoms with Gasteiger partial charge in [-0.05, 0) is 37.4 Å². The lowest BCUT2D eigenvalue weighted by Crippen LogP contribution is -2.27. The van der Waals surface area contributed by atoms with Gasteiger partial charge in [-0.25, -0.2) is 8.42 Å². The second-order valence-corrected chi connectivity index (χ2v) is 10.4. The Morgan fingerprint density at radius 2 is 1.65 bits per heavy atom. The molecule has 0 amide bonds. The number of sulfonamides is 1. The molecular formula is C16H17N3O4S3. The molecule has 2 aromatic heterocycles. The normalized spacial score (nSPS) is 12.3. The maximum Gasteiger partial charge on any atom is 0.292 e. The third-order valence-corrected chi connectivity index (χ3v) is 8.98. The van der Waals surface area contributed by atoms with E-state index in [9.17, 15) is 16.8 Å². The molecule has 3 aromatic rings. The lowest BCUT2D eigenvalue weighted by Gasteiger charge is -2.19. The number of benzene rings is 1. The minimum Gasteiger partial charge on any atom is -0.269 e. The standard InChI is InChI=1S/C16H17N3O4S3/c1-12-16(26(22,23)18(3)14-8-5-4-6-9-14)13(2)19(17-12)25(20,21)15-10-7-11-24-15/h4-11H,1-3H3. The fourth-order valence-electron chi connectivity index (χ4n) is 2.62. The van der Waals surface area contributed by atoms with Gasteiger partial charge in [0, 0.05) is 7.05 Å². The second-order valence-electron chi connectivity index (χ2n) is 5.59. The lowest BCUT2D eigenvalue weighted by molar-refractivity contribution is 0.579. The van der Waals surface area contributed by atoms with Crippen LogP contribution in [0.25, 0.3) is 0 Å². The van der Waals surface area contributed by atoms with Gasteiger partial charge in [0.05, 0.1) is 17.1 Å². The molecule has 0 aliphatic carbocycles. The van der Waals surface area contributed by atoms with Crippen LogP contribution in [-0.4, -0.2) is 33.1 Å². The van der Waals surface area contributed by atoms with Crippen molar-refractivity contribution in [3.63, 3.8) is 0 Å². The van der Waals surface area contributed by atoms with Gasteiger partial charge in [-0.3, -0.25) is 4.31 Å². The summed E-state index contributed by atoms with van der Waals surface area (Å²) in [5.74, 6) is 0. The van der Waals surface area contributed by atoms with Crippen molar-refractivity contribution < 1.29 is 16.8 Å². The van der Waals surface area contributed by atoms with Crippen molar-refractivity contribution >= 4 is 37.1 Å². The van der Waals surface area contributed by atoms with E-state index in [4.69, 9.17) is 0 Å². The van der Waals surface area contributed by atoms with Gasteiger partial charge in [0.25, 0.3) is 20.0 Å². The predicted molar refractivity (Wildman–Crippen MR) is 101 cm³/mol. The lowest BCUT2D eigenvalue weighted by atomic mass is 10.3. The van der Waals surface area contributed by atoms with Crippen LogP contribution in [0.4, 0.5) is 5.69 Å². The van der Waals surface area contributed by atoms with Crippen molar-refractivity contribution in [3.05, 3.63) is 59.2 Å². The van der Waals surface area contributed by atoms with Crippen molar-refractivity contribution in [3.8, 4) is 0 Å². The Hall–Kier alpha value is -2.17. The van der Waals surface area contributed by atoms with E-state index in [-0.39, 0.29) is 20.5 Å². The van der Waals surface area contributed by atoms with E-state index < -0.39 is 20.0 Å². The van der Waals surface area contributed by atoms with Gasteiger partial charge in [-0.15, -0.1) is 11.3 Å². The van der Waals surface area contributed by atoms with Crippen molar-refractivity contribution in [1.29, 1.82) is 0 Å². The van der Waals surface area contributed by atoms with Gasteiger partial charge in [-0.1, -0.05) is 24.3 Å². The molecule has 0 bridgehead atoms. The minimum absolute atomic E-state index is 0.0543. The highest BCUT2D eigenvalue weighted by molar-refractivity contribution is 7.93. The largest absolute Gasteiger partial charge is 0.292 e. The van der Waals surface area contributed by atoms with Crippen LogP contribution in [0.5, 0.6) is 0 Å². The molecule has 3 rings (SSSR count). The fourth-order valence-corrected chi connectivity index (χ4v) is 6.64. The molecule has 7 nitrogen and oxygen atoms in total. The minimum atomic E-state index is -3.97. The molecule has 0 N–H and O–H groups in total. The molecule has 2 heterocycles. The molecule has 0 aliphatic rings. The first kappa shape index (κ1) is 18.6. The number of aromatic nitrogens is 2. The quantitative estimate of drug-likeness (QED) is 0.644. The average molecular weight is 412 g/mol. The van der Waals surface area contributed by atoms with Crippen molar-refractivity contribution in [1.82, 2.24) is 9.19 Å². The Bertz CT molecular complexity index is 1130. The summed E-state index contributed by atoms with van der Waals surface area (Å²) < 4.78 is 53.7. The molecular weight excluding hydrogens is 394 g/mol. The van der Waals surface area contributed by atoms with Crippen LogP contribution in [0.1, 0.15) is 11.4 Å². The molecule has 0 fully saturated rings. The highest BCUT2D eigenvalue weighted by Crippen LogP contribution is 2.29. The van der Waals surface area contributed by atoms with Crippen LogP contribution in [0.15, 0.2) is 56.9 Å². The maximum atomic E-state index is 13.1. The molecule has 0 unspecified atom stereocenters. The molecule has 26 heavy (non-hydrogen) atoms. The molecule has 1 aromatic carbocycles. The second kappa shape index (κ2) is 6.53. The predicted octanol–water partition coefficient (Wildman–Crippen LogP) is 2.62. The van der Waals surface area contributed by atoms with Gasteiger partial charge in [-0.2, -0.15) is 17.6 Å². The van der Waals surface area contributed by atoms with Crippen LogP contribution in [0.2, 0.25) is 0 Å². The van der Waals surface area contributed by atoms with Crippen molar-refractivity contribution in [2.75, 3.05) is 11.4 Å². The Balaban J connectivity index is 2.15. The van der Waals surface area contributed by atoms with E-state index in [2.05, 4.69) is 5.10 Å². The molecule has 0 atom stereocenters. The number of anilines is 1. The summed E-state index contributed by atoms with van der Waals surface area (Å²) in [6.07, 6.45) is 0. The van der Waals surface area contributed by atoms with Gasteiger partial charge < -0.3 is 0 Å². The zero-order valence-electron chi connectivity index (χ0n) is 14.3. The number of nitrogens with zero attached hydrogens (tertiary/aromatic N) is 3. The van der Waals surface area contributed by atoms with E-state index in [0.717, 1.165) is 19.7 Å². The Morgan fingerprint density at radius 1 is 1.00 bits per heavy atom. The summed E-state index contributed by atoms with van der Waals surface area (Å²) in [4.78, 5) is -0.107. The molecule has 10 heteroatoms. The Morgan fingerprint density at radius 3 is 2.23 bits per heavy atom. The highest BCUT2D eigenvalue weighted by atomic mass is 32.2. The smallest absolute Gasteiger partial charge is 0.269 e. The topological polar surface area (TPSA) is 89.3 Å². The van der Waals surface area contributed by atoms with Crippen LogP contribution >= 0.6 is 11.3 Å². The van der Waals surface area contributed by atoms with E-state index in [1.165, 1.54) is 27.0 Å². The zero-order valence-corrected chi connectivity index (χ0v) is 16.8. The van der Waals surface area contributed by atoms with E-state index in [1.54, 1.807) is 41.8 Å². The number of thiophene rings is 1. The number of rotatable bonds is 5. The third-order valence-electron chi connectivity index (χ3n) is 3.90. The summed E-state index contributed by atoms with van der Waals surface area (Å²) in [5.41, 5.74) is 0.657. The number of hydrogen-bond acceptors (Lipinski definition) is 6. The van der Waals surface area contributed by atoms with Crippen LogP contribution in [-0.2, 0) is 20.0 Å². The van der Waals surface area contributed by atoms with Gasteiger partial charge >= 0.3 is 0 Å². The van der Waals surface area contributed by atoms with Crippen LogP contribution in [0, 0.1) is 13.8 Å². The first-order valence-electron chi connectivity index (χ1n) is 7.56. The monoisotopic (exact) mass is 411 g/mol. The van der Waals surface area contributed by atoms with Crippen LogP contribution in [0.3, 0.4) is 0 Å². The zero-order chi connectivity index (χ0) is 19.1. The first-order chi connectivity index (χ1) is 12.2. The van der Waals surface area contributed by atoms with Gasteiger partial charge in [0.2, 0.25) is 0 Å². The number of para-hydroxylation sites is 1. The Labute approximate surface area is 156 Å². The first-order valence-corrected chi connectivity index (χ1v) is 11.3. The number of hydrogen-bond donors (Lipinski definition) is 0. The van der Waals surface area contributed by atoms with Gasteiger partial charge in [0.1, 0.15) is 9.10 Å². The number of aryl methyl sites for hydroxylation is 1. The maximum absolute atomic E-state index is 13.1. The van der Waals surface area contributed by atoms with Crippen LogP contribution < -0.4 is 4.31 Å². The van der Waals surface area contributed by atoms with Crippen molar-refractivity contribution in [2.24, 2.45) is 0 Å². The molecule has 0 saturated carbocycles. The highest BCUT2D eigenvalue weighted by Gasteiger charge is 2.33. The summed E-state index contributed by atoms with van der Waals surface area (Å²) in [6, 6.07) is 11.6. The molecule has 0 aliphatic heterocycles. The molecule has 0 saturated heterocycles. The van der Waals surface area contributed by atoms with Crippen molar-refractivity contribution in [2.45, 2.75) is 23.0 Å². The Kier molecular flexibility index (Phi) is 4.67. The van der Waals surface area contributed by atoms with E-state index >= 15 is 0 Å². The summed E-state index contributed by atoms with van der Waals surface area (Å²) in [5, 5.41) is 5.65. The SMILES string of the molecule is Cc1nn(S(=O)(=O)c2cccs2)c(C)c1S(=O)(=O)N(C)c1ccccc1. The summed E-state index contributed by atoms with van der Waals surface area (Å²) in [6.45, 7) is 2.93. The average Bonchev–Trinajstić information content (AvgIpc) is 3.24. The van der Waals surface area contributed by atoms with E-state index in [0.29, 0.717) is 5.69 Å². The summed E-state index contributed by atoms with van der Waals surface area (Å²) >= 11 is 1.05. The third kappa shape index (κ3) is 2.93. The summed E-state index contributed by atoms with van der Waals surface area (Å²) in [7, 11) is -6.48. The van der Waals surface area contributed by atoms with Gasteiger partial charge in [0.15, 0.2) is 0 Å². The molecule has 138 valence electrons. The molecule has 0 spiro atoms. The van der Waals surface area contributed by atoms with E-state index in [1.807, 2.05) is 0 Å².